The van der Waals surface area contributed by atoms with Gasteiger partial charge in [-0.15, -0.1) is 0 Å². The largest absolute Gasteiger partial charge is 0.223 e. The minimum atomic E-state index is -3.56. The molecule has 2 rings (SSSR count). The van der Waals surface area contributed by atoms with Crippen molar-refractivity contribution in [3.8, 4) is 0 Å². The molecule has 0 saturated carbocycles. The maximum atomic E-state index is 13.0. The van der Waals surface area contributed by atoms with Gasteiger partial charge in [-0.2, -0.15) is 0 Å². The molecule has 25 heavy (non-hydrogen) atoms. The van der Waals surface area contributed by atoms with Gasteiger partial charge in [0.25, 0.3) is 0 Å². The zero-order chi connectivity index (χ0) is 18.9. The van der Waals surface area contributed by atoms with Crippen LogP contribution in [0, 0.1) is 0 Å². The smallest absolute Gasteiger partial charge is 0.209 e. The van der Waals surface area contributed by atoms with Crippen LogP contribution in [0.15, 0.2) is 59.5 Å². The minimum absolute atomic E-state index is 0.274. The number of sulfonamides is 1. The molecule has 2 aromatic rings. The Labute approximate surface area is 150 Å². The van der Waals surface area contributed by atoms with E-state index in [-0.39, 0.29) is 4.90 Å². The van der Waals surface area contributed by atoms with E-state index in [0.29, 0.717) is 5.56 Å². The second-order valence-corrected chi connectivity index (χ2v) is 10.8. The van der Waals surface area contributed by atoms with Gasteiger partial charge >= 0.3 is 0 Å². The van der Waals surface area contributed by atoms with E-state index in [1.807, 2.05) is 0 Å². The number of benzene rings is 2. The summed E-state index contributed by atoms with van der Waals surface area (Å²) < 4.78 is 50.0. The van der Waals surface area contributed by atoms with Crippen molar-refractivity contribution < 1.29 is 16.8 Å². The van der Waals surface area contributed by atoms with Crippen molar-refractivity contribution in [2.45, 2.75) is 36.5 Å². The van der Waals surface area contributed by atoms with Gasteiger partial charge in [0.05, 0.1) is 15.9 Å². The average Bonchev–Trinajstić information content (AvgIpc) is 2.54. The maximum Gasteiger partial charge on any atom is 0.209 e. The number of hydrogen-bond donors (Lipinski definition) is 1. The summed E-state index contributed by atoms with van der Waals surface area (Å²) >= 11 is 0. The second-order valence-electron chi connectivity index (χ2n) is 6.56. The van der Waals surface area contributed by atoms with Crippen molar-refractivity contribution in [1.82, 2.24) is 4.72 Å². The highest BCUT2D eigenvalue weighted by Crippen LogP contribution is 2.35. The van der Waals surface area contributed by atoms with Crippen molar-refractivity contribution in [3.05, 3.63) is 65.7 Å². The normalized spacial score (nSPS) is 14.2. The highest BCUT2D eigenvalue weighted by molar-refractivity contribution is 7.92. The zero-order valence-electron chi connectivity index (χ0n) is 14.7. The Morgan fingerprint density at radius 1 is 0.880 bits per heavy atom. The summed E-state index contributed by atoms with van der Waals surface area (Å²) in [7, 11) is -6.88. The first-order valence-electron chi connectivity index (χ1n) is 7.82. The molecule has 0 bridgehead atoms. The van der Waals surface area contributed by atoms with E-state index >= 15 is 0 Å². The zero-order valence-corrected chi connectivity index (χ0v) is 16.4. The van der Waals surface area contributed by atoms with E-state index in [4.69, 9.17) is 0 Å². The summed E-state index contributed by atoms with van der Waals surface area (Å²) in [6, 6.07) is 14.9. The van der Waals surface area contributed by atoms with Gasteiger partial charge in [-0.05, 0) is 44.0 Å². The molecule has 0 fully saturated rings. The van der Waals surface area contributed by atoms with Crippen LogP contribution in [0.4, 0.5) is 0 Å². The lowest BCUT2D eigenvalue weighted by molar-refractivity contribution is 0.555. The minimum Gasteiger partial charge on any atom is -0.223 e. The molecule has 0 aliphatic rings. The summed E-state index contributed by atoms with van der Waals surface area (Å²) in [6.07, 6.45) is 1.10. The molecule has 1 N–H and O–H groups in total. The van der Waals surface area contributed by atoms with E-state index in [0.717, 1.165) is 11.8 Å². The number of rotatable bonds is 6. The van der Waals surface area contributed by atoms with Crippen LogP contribution in [0.1, 0.15) is 37.9 Å². The molecule has 1 atom stereocenters. The summed E-state index contributed by atoms with van der Waals surface area (Å²) in [5, 5.41) is 0. The fraction of sp³-hybridized carbons (Fsp3) is 0.333. The highest BCUT2D eigenvalue weighted by atomic mass is 32.2. The van der Waals surface area contributed by atoms with Crippen molar-refractivity contribution >= 4 is 19.9 Å². The van der Waals surface area contributed by atoms with E-state index in [9.17, 15) is 16.8 Å². The van der Waals surface area contributed by atoms with Crippen LogP contribution >= 0.6 is 0 Å². The van der Waals surface area contributed by atoms with E-state index in [1.54, 1.807) is 75.4 Å². The van der Waals surface area contributed by atoms with Crippen molar-refractivity contribution in [3.63, 3.8) is 0 Å². The quantitative estimate of drug-likeness (QED) is 0.834. The van der Waals surface area contributed by atoms with Gasteiger partial charge in [0.1, 0.15) is 0 Å². The molecule has 136 valence electrons. The fourth-order valence-electron chi connectivity index (χ4n) is 2.61. The van der Waals surface area contributed by atoms with E-state index in [1.165, 1.54) is 0 Å². The molecule has 0 aromatic heterocycles. The van der Waals surface area contributed by atoms with Crippen LogP contribution in [-0.4, -0.2) is 23.1 Å². The Kier molecular flexibility index (Phi) is 5.41. The third-order valence-electron chi connectivity index (χ3n) is 4.22. The molecule has 0 amide bonds. The standard InChI is InChI=1S/C18H23NO4S2/c1-14(19-24(4,20)21)15-10-12-16(13-11-15)18(2,3)25(22,23)17-8-6-5-7-9-17/h5-14,19H,1-4H3. The molecule has 0 saturated heterocycles. The van der Waals surface area contributed by atoms with Gasteiger partial charge in [0.2, 0.25) is 10.0 Å². The lowest BCUT2D eigenvalue weighted by atomic mass is 9.99. The molecule has 0 aliphatic carbocycles. The van der Waals surface area contributed by atoms with Crippen LogP contribution in [0.5, 0.6) is 0 Å². The monoisotopic (exact) mass is 381 g/mol. The molecule has 0 spiro atoms. The Morgan fingerprint density at radius 2 is 1.40 bits per heavy atom. The van der Waals surface area contributed by atoms with E-state index in [2.05, 4.69) is 4.72 Å². The summed E-state index contributed by atoms with van der Waals surface area (Å²) in [5.74, 6) is 0. The molecule has 7 heteroatoms. The SMILES string of the molecule is CC(NS(C)(=O)=O)c1ccc(C(C)(C)S(=O)(=O)c2ccccc2)cc1. The van der Waals surface area contributed by atoms with Crippen LogP contribution in [0.3, 0.4) is 0 Å². The van der Waals surface area contributed by atoms with Crippen molar-refractivity contribution in [2.75, 3.05) is 6.26 Å². The number of hydrogen-bond acceptors (Lipinski definition) is 4. The Balaban J connectivity index is 2.35. The molecule has 0 aliphatic heterocycles. The molecule has 0 radical (unpaired) electrons. The lowest BCUT2D eigenvalue weighted by Gasteiger charge is -2.26. The first-order valence-corrected chi connectivity index (χ1v) is 11.2. The van der Waals surface area contributed by atoms with Gasteiger partial charge in [-0.1, -0.05) is 42.5 Å². The molecule has 2 aromatic carbocycles. The van der Waals surface area contributed by atoms with Crippen LogP contribution in [0.25, 0.3) is 0 Å². The molecule has 0 heterocycles. The molecule has 1 unspecified atom stereocenters. The van der Waals surface area contributed by atoms with E-state index < -0.39 is 30.6 Å². The summed E-state index contributed by atoms with van der Waals surface area (Å²) in [5.41, 5.74) is 1.41. The van der Waals surface area contributed by atoms with Gasteiger partial charge in [0, 0.05) is 6.04 Å². The Bertz CT molecular complexity index is 932. The Hall–Kier alpha value is -1.70. The second kappa shape index (κ2) is 6.90. The van der Waals surface area contributed by atoms with Gasteiger partial charge in [-0.25, -0.2) is 21.6 Å². The highest BCUT2D eigenvalue weighted by Gasteiger charge is 2.37. The predicted molar refractivity (Wildman–Crippen MR) is 99.5 cm³/mol. The van der Waals surface area contributed by atoms with Gasteiger partial charge in [-0.3, -0.25) is 0 Å². The maximum absolute atomic E-state index is 13.0. The summed E-state index contributed by atoms with van der Waals surface area (Å²) in [4.78, 5) is 0.274. The van der Waals surface area contributed by atoms with Crippen molar-refractivity contribution in [1.29, 1.82) is 0 Å². The number of nitrogens with one attached hydrogen (secondary N) is 1. The predicted octanol–water partition coefficient (Wildman–Crippen LogP) is 3.01. The fourth-order valence-corrected chi connectivity index (χ4v) is 4.94. The topological polar surface area (TPSA) is 80.3 Å². The van der Waals surface area contributed by atoms with Gasteiger partial charge in [0.15, 0.2) is 9.84 Å². The third kappa shape index (κ3) is 4.29. The summed E-state index contributed by atoms with van der Waals surface area (Å²) in [6.45, 7) is 5.08. The third-order valence-corrected chi connectivity index (χ3v) is 7.48. The Morgan fingerprint density at radius 3 is 1.88 bits per heavy atom. The first-order chi connectivity index (χ1) is 11.4. The first kappa shape index (κ1) is 19.6. The molecule has 5 nitrogen and oxygen atoms in total. The molecular weight excluding hydrogens is 358 g/mol. The van der Waals surface area contributed by atoms with Crippen LogP contribution in [-0.2, 0) is 24.6 Å². The van der Waals surface area contributed by atoms with Gasteiger partial charge < -0.3 is 0 Å². The molecular formula is C18H23NO4S2. The lowest BCUT2D eigenvalue weighted by Crippen LogP contribution is -2.29. The number of sulfone groups is 1. The van der Waals surface area contributed by atoms with Crippen LogP contribution in [0.2, 0.25) is 0 Å². The van der Waals surface area contributed by atoms with Crippen LogP contribution < -0.4 is 4.72 Å². The van der Waals surface area contributed by atoms with Crippen molar-refractivity contribution in [2.24, 2.45) is 0 Å². The average molecular weight is 382 g/mol.